The first-order chi connectivity index (χ1) is 13.6. The van der Waals surface area contributed by atoms with E-state index in [0.29, 0.717) is 4.90 Å². The minimum atomic E-state index is -0.980. The summed E-state index contributed by atoms with van der Waals surface area (Å²) in [6.45, 7) is 5.53. The molecule has 0 saturated carbocycles. The van der Waals surface area contributed by atoms with Gasteiger partial charge < -0.3 is 14.2 Å². The Labute approximate surface area is 176 Å². The van der Waals surface area contributed by atoms with Crippen molar-refractivity contribution in [1.29, 1.82) is 0 Å². The van der Waals surface area contributed by atoms with E-state index in [1.54, 1.807) is 12.1 Å². The molecule has 11 heteroatoms. The van der Waals surface area contributed by atoms with Crippen molar-refractivity contribution >= 4 is 47.1 Å². The number of nitro benzene ring substituents is 1. The maximum atomic E-state index is 11.7. The van der Waals surface area contributed by atoms with Gasteiger partial charge in [0.25, 0.3) is 5.69 Å². The van der Waals surface area contributed by atoms with Crippen molar-refractivity contribution in [2.75, 3.05) is 0 Å². The fraction of sp³-hybridized carbons (Fsp3) is 0.500. The number of ether oxygens (including phenoxy) is 3. The van der Waals surface area contributed by atoms with Crippen LogP contribution in [-0.4, -0.2) is 51.0 Å². The van der Waals surface area contributed by atoms with Gasteiger partial charge in [0.05, 0.1) is 9.51 Å². The van der Waals surface area contributed by atoms with Crippen LogP contribution >= 0.6 is 23.5 Å². The Bertz CT molecular complexity index is 785. The van der Waals surface area contributed by atoms with Gasteiger partial charge in [0, 0.05) is 43.0 Å². The number of benzene rings is 1. The molecule has 29 heavy (non-hydrogen) atoms. The summed E-state index contributed by atoms with van der Waals surface area (Å²) in [4.78, 5) is 46.0. The van der Waals surface area contributed by atoms with Gasteiger partial charge in [-0.3, -0.25) is 24.5 Å². The molecule has 2 rings (SSSR count). The summed E-state index contributed by atoms with van der Waals surface area (Å²) < 4.78 is 15.8. The molecule has 0 bridgehead atoms. The highest BCUT2D eigenvalue weighted by Gasteiger charge is 2.50. The Morgan fingerprint density at radius 3 is 1.90 bits per heavy atom. The molecular weight excluding hydrogens is 422 g/mol. The highest BCUT2D eigenvalue weighted by Crippen LogP contribution is 2.45. The second-order valence-electron chi connectivity index (χ2n) is 6.30. The zero-order valence-electron chi connectivity index (χ0n) is 16.2. The van der Waals surface area contributed by atoms with Crippen LogP contribution in [0.1, 0.15) is 27.7 Å². The van der Waals surface area contributed by atoms with Crippen molar-refractivity contribution in [2.45, 2.75) is 60.7 Å². The van der Waals surface area contributed by atoms with Crippen LogP contribution in [0, 0.1) is 10.1 Å². The summed E-state index contributed by atoms with van der Waals surface area (Å²) in [6.07, 6.45) is -2.66. The third kappa shape index (κ3) is 6.36. The average molecular weight is 443 g/mol. The van der Waals surface area contributed by atoms with E-state index in [0.717, 1.165) is 0 Å². The zero-order chi connectivity index (χ0) is 21.7. The summed E-state index contributed by atoms with van der Waals surface area (Å²) in [6, 6.07) is 5.95. The van der Waals surface area contributed by atoms with Crippen molar-refractivity contribution in [3.05, 3.63) is 34.4 Å². The highest BCUT2D eigenvalue weighted by molar-refractivity contribution is 8.17. The molecule has 9 nitrogen and oxygen atoms in total. The summed E-state index contributed by atoms with van der Waals surface area (Å²) in [5.41, 5.74) is -0.0386. The molecular formula is C18H21NO8S2. The molecule has 1 heterocycles. The number of hydrogen-bond donors (Lipinski definition) is 0. The monoisotopic (exact) mass is 443 g/mol. The summed E-state index contributed by atoms with van der Waals surface area (Å²) in [5, 5.41) is 10.6. The molecule has 0 spiro atoms. The zero-order valence-corrected chi connectivity index (χ0v) is 17.9. The molecule has 1 aromatic carbocycles. The average Bonchev–Trinajstić information content (AvgIpc) is 2.61. The van der Waals surface area contributed by atoms with Gasteiger partial charge >= 0.3 is 17.9 Å². The van der Waals surface area contributed by atoms with Gasteiger partial charge in [-0.2, -0.15) is 0 Å². The molecule has 0 amide bonds. The summed E-state index contributed by atoms with van der Waals surface area (Å²) in [5.74, 6) is -1.71. The van der Waals surface area contributed by atoms with Crippen LogP contribution in [0.15, 0.2) is 29.2 Å². The normalized spacial score (nSPS) is 26.3. The third-order valence-corrected chi connectivity index (χ3v) is 6.83. The topological polar surface area (TPSA) is 122 Å². The van der Waals surface area contributed by atoms with E-state index in [4.69, 9.17) is 14.2 Å². The number of hydrogen-bond acceptors (Lipinski definition) is 10. The van der Waals surface area contributed by atoms with E-state index in [-0.39, 0.29) is 10.9 Å². The molecule has 1 saturated heterocycles. The Hall–Kier alpha value is -2.27. The molecule has 0 aliphatic carbocycles. The second kappa shape index (κ2) is 9.97. The molecule has 0 N–H and O–H groups in total. The number of nitro groups is 1. The fourth-order valence-electron chi connectivity index (χ4n) is 2.85. The molecule has 0 radical (unpaired) electrons. The smallest absolute Gasteiger partial charge is 0.303 e. The fourth-order valence-corrected chi connectivity index (χ4v) is 5.99. The Morgan fingerprint density at radius 1 is 0.931 bits per heavy atom. The molecule has 1 aliphatic rings. The molecule has 0 aromatic heterocycles. The van der Waals surface area contributed by atoms with Crippen molar-refractivity contribution in [3.63, 3.8) is 0 Å². The minimum absolute atomic E-state index is 0.0386. The van der Waals surface area contributed by atoms with Gasteiger partial charge in [-0.25, -0.2) is 0 Å². The first-order valence-corrected chi connectivity index (χ1v) is 10.5. The predicted molar refractivity (Wildman–Crippen MR) is 106 cm³/mol. The van der Waals surface area contributed by atoms with Gasteiger partial charge in [-0.15, -0.1) is 23.5 Å². The maximum absolute atomic E-state index is 11.7. The molecule has 1 fully saturated rings. The van der Waals surface area contributed by atoms with E-state index in [2.05, 4.69) is 0 Å². The van der Waals surface area contributed by atoms with Crippen molar-refractivity contribution < 1.29 is 33.5 Å². The quantitative estimate of drug-likeness (QED) is 0.281. The van der Waals surface area contributed by atoms with Crippen LogP contribution in [0.4, 0.5) is 5.69 Å². The lowest BCUT2D eigenvalue weighted by molar-refractivity contribution is -0.384. The maximum Gasteiger partial charge on any atom is 0.303 e. The molecule has 158 valence electrons. The standard InChI is InChI=1S/C18H21NO8S2/c1-9-15(25-10(2)20)16(26-11(3)21)17(27-12(4)22)18(28-9)29-14-7-5-13(6-8-14)19(23)24/h5-9,15-18H,1-4H3/t9-,15-,16+,17-,18+/m1/s1. The first kappa shape index (κ1) is 23.0. The van der Waals surface area contributed by atoms with Gasteiger partial charge in [0.1, 0.15) is 0 Å². The largest absolute Gasteiger partial charge is 0.457 e. The lowest BCUT2D eigenvalue weighted by Gasteiger charge is -2.43. The number of carbonyl (C=O) groups is 3. The van der Waals surface area contributed by atoms with E-state index in [9.17, 15) is 24.5 Å². The van der Waals surface area contributed by atoms with Gasteiger partial charge in [-0.05, 0) is 19.1 Å². The number of carbonyl (C=O) groups excluding carboxylic acids is 3. The highest BCUT2D eigenvalue weighted by atomic mass is 32.2. The third-order valence-electron chi connectivity index (χ3n) is 3.93. The minimum Gasteiger partial charge on any atom is -0.457 e. The van der Waals surface area contributed by atoms with E-state index in [1.807, 2.05) is 6.92 Å². The van der Waals surface area contributed by atoms with Gasteiger partial charge in [0.2, 0.25) is 0 Å². The van der Waals surface area contributed by atoms with E-state index < -0.39 is 45.7 Å². The van der Waals surface area contributed by atoms with E-state index in [1.165, 1.54) is 56.4 Å². The number of non-ortho nitro benzene ring substituents is 1. The predicted octanol–water partition coefficient (Wildman–Crippen LogP) is 2.94. The van der Waals surface area contributed by atoms with E-state index >= 15 is 0 Å². The SMILES string of the molecule is CC(=O)O[C@@H]1[C@@H](OC(C)=O)[C@H](Sc2ccc([N+](=O)[O-])cc2)S[C@H](C)[C@H]1OC(C)=O. The second-order valence-corrected chi connectivity index (χ2v) is 9.34. The molecule has 1 aromatic rings. The van der Waals surface area contributed by atoms with Crippen molar-refractivity contribution in [2.24, 2.45) is 0 Å². The molecule has 0 unspecified atom stereocenters. The van der Waals surface area contributed by atoms with Crippen LogP contribution in [0.5, 0.6) is 0 Å². The number of thioether (sulfide) groups is 2. The van der Waals surface area contributed by atoms with Crippen LogP contribution < -0.4 is 0 Å². The molecule has 1 aliphatic heterocycles. The van der Waals surface area contributed by atoms with Crippen molar-refractivity contribution in [3.8, 4) is 0 Å². The Kier molecular flexibility index (Phi) is 7.91. The number of nitrogens with zero attached hydrogens (tertiary/aromatic N) is 1. The van der Waals surface area contributed by atoms with Crippen molar-refractivity contribution in [1.82, 2.24) is 0 Å². The van der Waals surface area contributed by atoms with Crippen LogP contribution in [0.3, 0.4) is 0 Å². The van der Waals surface area contributed by atoms with Crippen LogP contribution in [-0.2, 0) is 28.6 Å². The lowest BCUT2D eigenvalue weighted by Crippen LogP contribution is -2.56. The summed E-state index contributed by atoms with van der Waals surface area (Å²) >= 11 is 2.73. The Balaban J connectivity index is 2.33. The number of rotatable bonds is 6. The lowest BCUT2D eigenvalue weighted by atomic mass is 10.0. The van der Waals surface area contributed by atoms with Crippen LogP contribution in [0.25, 0.3) is 0 Å². The first-order valence-electron chi connectivity index (χ1n) is 8.66. The van der Waals surface area contributed by atoms with Gasteiger partial charge in [0.15, 0.2) is 18.3 Å². The van der Waals surface area contributed by atoms with Crippen LogP contribution in [0.2, 0.25) is 0 Å². The Morgan fingerprint density at radius 2 is 1.41 bits per heavy atom. The van der Waals surface area contributed by atoms with Gasteiger partial charge in [-0.1, -0.05) is 0 Å². The molecule has 5 atom stereocenters. The summed E-state index contributed by atoms with van der Waals surface area (Å²) in [7, 11) is 0. The number of esters is 3.